The molecule has 4 rings (SSSR count). The number of carbonyl (C=O) groups is 2. The van der Waals surface area contributed by atoms with Crippen molar-refractivity contribution in [3.63, 3.8) is 0 Å². The van der Waals surface area contributed by atoms with Crippen molar-refractivity contribution in [1.29, 1.82) is 0 Å². The summed E-state index contributed by atoms with van der Waals surface area (Å²) >= 11 is 0. The van der Waals surface area contributed by atoms with E-state index in [-0.39, 0.29) is 18.4 Å². The molecule has 2 heterocycles. The number of rotatable bonds is 2. The van der Waals surface area contributed by atoms with Crippen molar-refractivity contribution in [3.05, 3.63) is 59.7 Å². The SMILES string of the molecule is Cc1ccc(C(=O)N2CC(C(=O)N3CCOCC3)Oc3ccccc32)cc1. The van der Waals surface area contributed by atoms with Crippen molar-refractivity contribution in [2.45, 2.75) is 13.0 Å². The molecule has 6 heteroatoms. The number of nitrogens with zero attached hydrogens (tertiary/aromatic N) is 2. The van der Waals surface area contributed by atoms with Crippen molar-refractivity contribution in [2.24, 2.45) is 0 Å². The van der Waals surface area contributed by atoms with Crippen molar-refractivity contribution < 1.29 is 19.1 Å². The van der Waals surface area contributed by atoms with Crippen molar-refractivity contribution >= 4 is 17.5 Å². The van der Waals surface area contributed by atoms with Gasteiger partial charge in [0.2, 0.25) is 0 Å². The molecule has 1 unspecified atom stereocenters. The highest BCUT2D eigenvalue weighted by Crippen LogP contribution is 2.34. The van der Waals surface area contributed by atoms with Gasteiger partial charge in [0.1, 0.15) is 5.75 Å². The fourth-order valence-corrected chi connectivity index (χ4v) is 3.39. The molecule has 2 aliphatic rings. The van der Waals surface area contributed by atoms with Gasteiger partial charge in [0.05, 0.1) is 25.4 Å². The Hall–Kier alpha value is -2.86. The molecule has 0 N–H and O–H groups in total. The van der Waals surface area contributed by atoms with Gasteiger partial charge in [-0.05, 0) is 31.2 Å². The average molecular weight is 366 g/mol. The molecule has 6 nitrogen and oxygen atoms in total. The maximum atomic E-state index is 13.1. The Bertz CT molecular complexity index is 844. The number of benzene rings is 2. The van der Waals surface area contributed by atoms with Gasteiger partial charge in [-0.15, -0.1) is 0 Å². The summed E-state index contributed by atoms with van der Waals surface area (Å²) in [6, 6.07) is 14.8. The Balaban J connectivity index is 1.62. The lowest BCUT2D eigenvalue weighted by atomic mass is 10.1. The minimum atomic E-state index is -0.715. The van der Waals surface area contributed by atoms with Crippen molar-refractivity contribution in [2.75, 3.05) is 37.7 Å². The highest BCUT2D eigenvalue weighted by Gasteiger charge is 2.36. The maximum Gasteiger partial charge on any atom is 0.265 e. The summed E-state index contributed by atoms with van der Waals surface area (Å²) < 4.78 is 11.3. The van der Waals surface area contributed by atoms with Crippen LogP contribution in [0.15, 0.2) is 48.5 Å². The quantitative estimate of drug-likeness (QED) is 0.818. The van der Waals surface area contributed by atoms with Crippen LogP contribution >= 0.6 is 0 Å². The van der Waals surface area contributed by atoms with Crippen LogP contribution in [-0.2, 0) is 9.53 Å². The topological polar surface area (TPSA) is 59.1 Å². The third-order valence-electron chi connectivity index (χ3n) is 4.92. The zero-order valence-corrected chi connectivity index (χ0v) is 15.3. The van der Waals surface area contributed by atoms with E-state index < -0.39 is 6.10 Å². The van der Waals surface area contributed by atoms with E-state index in [0.717, 1.165) is 5.56 Å². The van der Waals surface area contributed by atoms with Crippen LogP contribution in [0.5, 0.6) is 5.75 Å². The predicted octanol–water partition coefficient (Wildman–Crippen LogP) is 2.26. The number of anilines is 1. The molecule has 0 aliphatic carbocycles. The Morgan fingerprint density at radius 3 is 2.44 bits per heavy atom. The number of morpholine rings is 1. The third kappa shape index (κ3) is 3.53. The van der Waals surface area contributed by atoms with Crippen LogP contribution in [0.4, 0.5) is 5.69 Å². The second-order valence-corrected chi connectivity index (χ2v) is 6.79. The molecule has 27 heavy (non-hydrogen) atoms. The molecule has 140 valence electrons. The van der Waals surface area contributed by atoms with Gasteiger partial charge >= 0.3 is 0 Å². The normalized spacial score (nSPS) is 19.2. The average Bonchev–Trinajstić information content (AvgIpc) is 2.73. The van der Waals surface area contributed by atoms with E-state index in [2.05, 4.69) is 0 Å². The number of ether oxygens (including phenoxy) is 2. The minimum absolute atomic E-state index is 0.102. The van der Waals surface area contributed by atoms with Crippen LogP contribution in [0, 0.1) is 6.92 Å². The van der Waals surface area contributed by atoms with E-state index in [1.807, 2.05) is 49.4 Å². The first-order valence-electron chi connectivity index (χ1n) is 9.14. The number of fused-ring (bicyclic) bond motifs is 1. The first-order chi connectivity index (χ1) is 13.1. The molecule has 1 fully saturated rings. The van der Waals surface area contributed by atoms with Crippen LogP contribution in [0.3, 0.4) is 0 Å². The fraction of sp³-hybridized carbons (Fsp3) is 0.333. The van der Waals surface area contributed by atoms with E-state index in [9.17, 15) is 9.59 Å². The Morgan fingerprint density at radius 2 is 1.70 bits per heavy atom. The summed E-state index contributed by atoms with van der Waals surface area (Å²) in [7, 11) is 0. The summed E-state index contributed by atoms with van der Waals surface area (Å²) in [5.74, 6) is 0.316. The van der Waals surface area contributed by atoms with Crippen molar-refractivity contribution in [3.8, 4) is 5.75 Å². The van der Waals surface area contributed by atoms with E-state index >= 15 is 0 Å². The monoisotopic (exact) mass is 366 g/mol. The smallest absolute Gasteiger partial charge is 0.265 e. The van der Waals surface area contributed by atoms with E-state index in [4.69, 9.17) is 9.47 Å². The van der Waals surface area contributed by atoms with Crippen LogP contribution in [-0.4, -0.2) is 55.7 Å². The molecule has 2 aromatic carbocycles. The molecule has 2 aromatic rings. The van der Waals surface area contributed by atoms with Crippen LogP contribution in [0.1, 0.15) is 15.9 Å². The van der Waals surface area contributed by atoms with E-state index in [0.29, 0.717) is 43.3 Å². The van der Waals surface area contributed by atoms with Gasteiger partial charge in [-0.1, -0.05) is 29.8 Å². The first kappa shape index (κ1) is 17.5. The van der Waals surface area contributed by atoms with Gasteiger partial charge in [-0.3, -0.25) is 9.59 Å². The zero-order valence-electron chi connectivity index (χ0n) is 15.3. The minimum Gasteiger partial charge on any atom is -0.476 e. The number of para-hydroxylation sites is 2. The second kappa shape index (κ2) is 7.40. The van der Waals surface area contributed by atoms with Gasteiger partial charge in [0, 0.05) is 18.7 Å². The summed E-state index contributed by atoms with van der Waals surface area (Å²) in [5, 5.41) is 0. The van der Waals surface area contributed by atoms with Gasteiger partial charge < -0.3 is 19.3 Å². The van der Waals surface area contributed by atoms with Crippen LogP contribution in [0.25, 0.3) is 0 Å². The Labute approximate surface area is 158 Å². The summed E-state index contributed by atoms with van der Waals surface area (Å²) in [6.07, 6.45) is -0.715. The number of carbonyl (C=O) groups excluding carboxylic acids is 2. The molecule has 2 aliphatic heterocycles. The highest BCUT2D eigenvalue weighted by molar-refractivity contribution is 6.07. The maximum absolute atomic E-state index is 13.1. The third-order valence-corrected chi connectivity index (χ3v) is 4.92. The van der Waals surface area contributed by atoms with Gasteiger partial charge in [0.15, 0.2) is 6.10 Å². The molecule has 2 amide bonds. The van der Waals surface area contributed by atoms with Gasteiger partial charge in [0.25, 0.3) is 11.8 Å². The standard InChI is InChI=1S/C21H22N2O4/c1-15-6-8-16(9-7-15)20(24)23-14-19(21(25)22-10-12-26-13-11-22)27-18-5-3-2-4-17(18)23/h2-9,19H,10-14H2,1H3. The van der Waals surface area contributed by atoms with Gasteiger partial charge in [-0.25, -0.2) is 0 Å². The molecule has 0 spiro atoms. The number of hydrogen-bond donors (Lipinski definition) is 0. The summed E-state index contributed by atoms with van der Waals surface area (Å²) in [5.41, 5.74) is 2.37. The number of amides is 2. The Morgan fingerprint density at radius 1 is 1.00 bits per heavy atom. The molecule has 0 aromatic heterocycles. The number of aryl methyl sites for hydroxylation is 1. The van der Waals surface area contributed by atoms with Crippen molar-refractivity contribution in [1.82, 2.24) is 4.90 Å². The lowest BCUT2D eigenvalue weighted by Crippen LogP contribution is -2.54. The number of hydrogen-bond acceptors (Lipinski definition) is 4. The molecule has 1 atom stereocenters. The summed E-state index contributed by atoms with van der Waals surface area (Å²) in [4.78, 5) is 29.5. The lowest BCUT2D eigenvalue weighted by molar-refractivity contribution is -0.142. The molecular weight excluding hydrogens is 344 g/mol. The second-order valence-electron chi connectivity index (χ2n) is 6.79. The molecule has 0 radical (unpaired) electrons. The van der Waals surface area contributed by atoms with E-state index in [1.54, 1.807) is 15.9 Å². The molecular formula is C21H22N2O4. The zero-order chi connectivity index (χ0) is 18.8. The first-order valence-corrected chi connectivity index (χ1v) is 9.14. The van der Waals surface area contributed by atoms with E-state index in [1.165, 1.54) is 0 Å². The van der Waals surface area contributed by atoms with Gasteiger partial charge in [-0.2, -0.15) is 0 Å². The fourth-order valence-electron chi connectivity index (χ4n) is 3.39. The summed E-state index contributed by atoms with van der Waals surface area (Å²) in [6.45, 7) is 4.33. The molecule has 0 saturated carbocycles. The lowest BCUT2D eigenvalue weighted by Gasteiger charge is -2.37. The van der Waals surface area contributed by atoms with Crippen LogP contribution in [0.2, 0.25) is 0 Å². The molecule has 1 saturated heterocycles. The highest BCUT2D eigenvalue weighted by atomic mass is 16.5. The predicted molar refractivity (Wildman–Crippen MR) is 101 cm³/mol. The largest absolute Gasteiger partial charge is 0.476 e. The Kier molecular flexibility index (Phi) is 4.81. The van der Waals surface area contributed by atoms with Crippen LogP contribution < -0.4 is 9.64 Å². The molecule has 0 bridgehead atoms.